The molecule has 0 aliphatic rings. The first-order valence-corrected chi connectivity index (χ1v) is 3.86. The van der Waals surface area contributed by atoms with Crippen LogP contribution in [0.15, 0.2) is 17.1 Å². The lowest BCUT2D eigenvalue weighted by Gasteiger charge is -2.00. The number of hydrogen-bond donors (Lipinski definition) is 1. The van der Waals surface area contributed by atoms with Crippen molar-refractivity contribution in [3.05, 3.63) is 33.7 Å². The third kappa shape index (κ3) is 2.20. The second-order valence-corrected chi connectivity index (χ2v) is 2.60. The molecule has 14 heavy (non-hydrogen) atoms. The molecular weight excluding hydrogens is 184 g/mol. The second-order valence-electron chi connectivity index (χ2n) is 2.60. The van der Waals surface area contributed by atoms with Gasteiger partial charge in [0.2, 0.25) is 5.56 Å². The Morgan fingerprint density at radius 1 is 1.71 bits per heavy atom. The molecule has 0 saturated carbocycles. The molecule has 0 unspecified atom stereocenters. The van der Waals surface area contributed by atoms with E-state index in [-0.39, 0.29) is 17.5 Å². The van der Waals surface area contributed by atoms with Crippen molar-refractivity contribution < 1.29 is 9.53 Å². The molecule has 1 N–H and O–H groups in total. The maximum Gasteiger partial charge on any atom is 0.310 e. The Morgan fingerprint density at radius 3 is 3.00 bits per heavy atom. The lowest BCUT2D eigenvalue weighted by Crippen LogP contribution is -2.11. The van der Waals surface area contributed by atoms with Crippen LogP contribution in [-0.2, 0) is 16.0 Å². The van der Waals surface area contributed by atoms with Gasteiger partial charge in [-0.05, 0) is 5.56 Å². The van der Waals surface area contributed by atoms with E-state index in [1.807, 2.05) is 6.07 Å². The predicted octanol–water partition coefficient (Wildman–Crippen LogP) is -0.0379. The Kier molecular flexibility index (Phi) is 3.02. The van der Waals surface area contributed by atoms with E-state index in [0.29, 0.717) is 5.56 Å². The topological polar surface area (TPSA) is 83.0 Å². The first-order chi connectivity index (χ1) is 6.67. The third-order valence-corrected chi connectivity index (χ3v) is 1.69. The number of H-pyrrole nitrogens is 1. The van der Waals surface area contributed by atoms with Crippen LogP contribution in [0.3, 0.4) is 0 Å². The maximum absolute atomic E-state index is 10.9. The molecule has 1 rings (SSSR count). The van der Waals surface area contributed by atoms with Crippen LogP contribution in [0.2, 0.25) is 0 Å². The van der Waals surface area contributed by atoms with Crippen LogP contribution in [0.5, 0.6) is 0 Å². The molecule has 5 heteroatoms. The van der Waals surface area contributed by atoms with Gasteiger partial charge in [0.15, 0.2) is 0 Å². The summed E-state index contributed by atoms with van der Waals surface area (Å²) in [4.78, 5) is 24.1. The lowest BCUT2D eigenvalue weighted by atomic mass is 10.1. The molecule has 0 aliphatic carbocycles. The second kappa shape index (κ2) is 4.23. The summed E-state index contributed by atoms with van der Waals surface area (Å²) in [5.74, 6) is -0.450. The van der Waals surface area contributed by atoms with Gasteiger partial charge in [-0.15, -0.1) is 0 Å². The molecule has 0 radical (unpaired) electrons. The van der Waals surface area contributed by atoms with E-state index in [0.717, 1.165) is 6.07 Å². The van der Waals surface area contributed by atoms with Gasteiger partial charge in [-0.25, -0.2) is 0 Å². The summed E-state index contributed by atoms with van der Waals surface area (Å²) >= 11 is 0. The highest BCUT2D eigenvalue weighted by molar-refractivity contribution is 5.73. The van der Waals surface area contributed by atoms with Gasteiger partial charge < -0.3 is 9.72 Å². The zero-order chi connectivity index (χ0) is 10.6. The Labute approximate surface area is 79.9 Å². The lowest BCUT2D eigenvalue weighted by molar-refractivity contribution is -0.139. The van der Waals surface area contributed by atoms with Crippen molar-refractivity contribution in [1.82, 2.24) is 4.98 Å². The maximum atomic E-state index is 10.9. The fraction of sp³-hybridized carbons (Fsp3) is 0.222. The highest BCUT2D eigenvalue weighted by atomic mass is 16.5. The average Bonchev–Trinajstić information content (AvgIpc) is 2.20. The standard InChI is InChI=1S/C9H8N2O3/c1-14-9(13)3-7-5-11-8(12)2-6(7)4-10/h2,5H,3H2,1H3,(H,11,12). The third-order valence-electron chi connectivity index (χ3n) is 1.69. The Balaban J connectivity index is 3.04. The van der Waals surface area contributed by atoms with E-state index < -0.39 is 5.97 Å². The van der Waals surface area contributed by atoms with Gasteiger partial charge in [0.1, 0.15) is 0 Å². The van der Waals surface area contributed by atoms with Crippen molar-refractivity contribution in [3.63, 3.8) is 0 Å². The number of nitrogens with zero attached hydrogens (tertiary/aromatic N) is 1. The van der Waals surface area contributed by atoms with Crippen molar-refractivity contribution >= 4 is 5.97 Å². The van der Waals surface area contributed by atoms with Crippen LogP contribution in [0, 0.1) is 11.3 Å². The van der Waals surface area contributed by atoms with E-state index in [9.17, 15) is 9.59 Å². The summed E-state index contributed by atoms with van der Waals surface area (Å²) in [5, 5.41) is 8.67. The molecular formula is C9H8N2O3. The summed E-state index contributed by atoms with van der Waals surface area (Å²) in [6.07, 6.45) is 1.33. The summed E-state index contributed by atoms with van der Waals surface area (Å²) in [5.41, 5.74) is 0.285. The Morgan fingerprint density at radius 2 is 2.43 bits per heavy atom. The number of nitriles is 1. The number of carbonyl (C=O) groups is 1. The van der Waals surface area contributed by atoms with Crippen molar-refractivity contribution in [1.29, 1.82) is 5.26 Å². The number of aromatic nitrogens is 1. The van der Waals surface area contributed by atoms with E-state index >= 15 is 0 Å². The largest absolute Gasteiger partial charge is 0.469 e. The number of esters is 1. The van der Waals surface area contributed by atoms with E-state index in [4.69, 9.17) is 5.26 Å². The van der Waals surface area contributed by atoms with Gasteiger partial charge in [-0.1, -0.05) is 0 Å². The van der Waals surface area contributed by atoms with E-state index in [1.165, 1.54) is 13.3 Å². The number of nitrogens with one attached hydrogen (secondary N) is 1. The monoisotopic (exact) mass is 192 g/mol. The summed E-state index contributed by atoms with van der Waals surface area (Å²) in [6.45, 7) is 0. The van der Waals surface area contributed by atoms with Crippen molar-refractivity contribution in [2.75, 3.05) is 7.11 Å². The van der Waals surface area contributed by atoms with Crippen LogP contribution in [0.4, 0.5) is 0 Å². The zero-order valence-electron chi connectivity index (χ0n) is 7.53. The Hall–Kier alpha value is -2.09. The first-order valence-electron chi connectivity index (χ1n) is 3.86. The number of carbonyl (C=O) groups excluding carboxylic acids is 1. The number of methoxy groups -OCH3 is 1. The van der Waals surface area contributed by atoms with E-state index in [1.54, 1.807) is 0 Å². The smallest absolute Gasteiger partial charge is 0.310 e. The summed E-state index contributed by atoms with van der Waals surface area (Å²) in [6, 6.07) is 2.99. The Bertz CT molecular complexity index is 442. The molecule has 0 aromatic carbocycles. The quantitative estimate of drug-likeness (QED) is 0.666. The molecule has 1 aromatic rings. The number of ether oxygens (including phenoxy) is 1. The van der Waals surface area contributed by atoms with E-state index in [2.05, 4.69) is 9.72 Å². The molecule has 1 aromatic heterocycles. The number of aromatic amines is 1. The minimum atomic E-state index is -0.450. The molecule has 0 fully saturated rings. The van der Waals surface area contributed by atoms with Crippen LogP contribution >= 0.6 is 0 Å². The van der Waals surface area contributed by atoms with Gasteiger partial charge >= 0.3 is 5.97 Å². The van der Waals surface area contributed by atoms with Gasteiger partial charge in [0, 0.05) is 12.3 Å². The van der Waals surface area contributed by atoms with Crippen molar-refractivity contribution in [2.45, 2.75) is 6.42 Å². The van der Waals surface area contributed by atoms with Gasteiger partial charge in [-0.2, -0.15) is 5.26 Å². The SMILES string of the molecule is COC(=O)Cc1c[nH]c(=O)cc1C#N. The molecule has 72 valence electrons. The summed E-state index contributed by atoms with van der Waals surface area (Å²) in [7, 11) is 1.26. The number of hydrogen-bond acceptors (Lipinski definition) is 4. The highest BCUT2D eigenvalue weighted by Gasteiger charge is 2.08. The number of pyridine rings is 1. The molecule has 5 nitrogen and oxygen atoms in total. The van der Waals surface area contributed by atoms with Crippen LogP contribution in [0.25, 0.3) is 0 Å². The van der Waals surface area contributed by atoms with Crippen LogP contribution in [-0.4, -0.2) is 18.1 Å². The van der Waals surface area contributed by atoms with Crippen molar-refractivity contribution in [3.8, 4) is 6.07 Å². The first kappa shape index (κ1) is 9.99. The minimum absolute atomic E-state index is 0.0177. The van der Waals surface area contributed by atoms with Gasteiger partial charge in [-0.3, -0.25) is 9.59 Å². The molecule has 1 heterocycles. The number of rotatable bonds is 2. The molecule has 0 spiro atoms. The van der Waals surface area contributed by atoms with Gasteiger partial charge in [0.05, 0.1) is 25.2 Å². The molecule has 0 bridgehead atoms. The molecule has 0 atom stereocenters. The van der Waals surface area contributed by atoms with Gasteiger partial charge in [0.25, 0.3) is 0 Å². The minimum Gasteiger partial charge on any atom is -0.469 e. The molecule has 0 amide bonds. The van der Waals surface area contributed by atoms with Crippen LogP contribution < -0.4 is 5.56 Å². The fourth-order valence-electron chi connectivity index (χ4n) is 0.979. The molecule has 0 saturated heterocycles. The highest BCUT2D eigenvalue weighted by Crippen LogP contribution is 2.04. The van der Waals surface area contributed by atoms with Crippen molar-refractivity contribution in [2.24, 2.45) is 0 Å². The summed E-state index contributed by atoms with van der Waals surface area (Å²) < 4.78 is 4.44. The van der Waals surface area contributed by atoms with Crippen LogP contribution in [0.1, 0.15) is 11.1 Å². The molecule has 0 aliphatic heterocycles. The average molecular weight is 192 g/mol. The fourth-order valence-corrected chi connectivity index (χ4v) is 0.979. The predicted molar refractivity (Wildman–Crippen MR) is 47.5 cm³/mol. The zero-order valence-corrected chi connectivity index (χ0v) is 7.53. The normalized spacial score (nSPS) is 9.14.